The summed E-state index contributed by atoms with van der Waals surface area (Å²) < 4.78 is 6.05. The van der Waals surface area contributed by atoms with Crippen LogP contribution in [0.4, 0.5) is 0 Å². The van der Waals surface area contributed by atoms with Crippen molar-refractivity contribution in [1.29, 1.82) is 0 Å². The van der Waals surface area contributed by atoms with Gasteiger partial charge in [0, 0.05) is 29.1 Å². The molecule has 2 aromatic carbocycles. The predicted molar refractivity (Wildman–Crippen MR) is 110 cm³/mol. The van der Waals surface area contributed by atoms with Crippen molar-refractivity contribution in [3.05, 3.63) is 69.9 Å². The first kappa shape index (κ1) is 19.5. The van der Waals surface area contributed by atoms with E-state index in [-0.39, 0.29) is 18.0 Å². The van der Waals surface area contributed by atoms with Crippen LogP contribution in [0.2, 0.25) is 5.02 Å². The molecule has 4 rings (SSSR count). The lowest BCUT2D eigenvalue weighted by Crippen LogP contribution is -2.18. The lowest BCUT2D eigenvalue weighted by Gasteiger charge is -2.13. The largest absolute Gasteiger partial charge is 0.478 e. The van der Waals surface area contributed by atoms with Gasteiger partial charge in [0.15, 0.2) is 0 Å². The van der Waals surface area contributed by atoms with Crippen LogP contribution in [0.25, 0.3) is 22.6 Å². The first-order valence-corrected chi connectivity index (χ1v) is 8.84. The van der Waals surface area contributed by atoms with Crippen LogP contribution in [0.15, 0.2) is 46.9 Å². The van der Waals surface area contributed by atoms with Crippen molar-refractivity contribution in [2.45, 2.75) is 13.0 Å². The summed E-state index contributed by atoms with van der Waals surface area (Å²) in [7, 11) is 2.04. The van der Waals surface area contributed by atoms with Crippen molar-refractivity contribution in [3.63, 3.8) is 0 Å². The molecule has 0 unspecified atom stereocenters. The number of hydrogen-bond acceptors (Lipinski definition) is 3. The van der Waals surface area contributed by atoms with E-state index >= 15 is 0 Å². The van der Waals surface area contributed by atoms with Gasteiger partial charge in [0.1, 0.15) is 11.3 Å². The molecule has 1 aromatic heterocycles. The van der Waals surface area contributed by atoms with Gasteiger partial charge in [0.05, 0.1) is 5.57 Å². The Kier molecular flexibility index (Phi) is 5.61. The molecule has 0 aliphatic carbocycles. The summed E-state index contributed by atoms with van der Waals surface area (Å²) in [6.45, 7) is 1.58. The van der Waals surface area contributed by atoms with E-state index in [1.165, 1.54) is 0 Å². The number of nitrogens with zero attached hydrogens (tertiary/aromatic N) is 1. The van der Waals surface area contributed by atoms with Crippen molar-refractivity contribution in [1.82, 2.24) is 4.90 Å². The zero-order chi connectivity index (χ0) is 18.3. The summed E-state index contributed by atoms with van der Waals surface area (Å²) >= 11 is 6.42. The smallest absolute Gasteiger partial charge is 0.336 e. The highest BCUT2D eigenvalue weighted by Crippen LogP contribution is 2.37. The van der Waals surface area contributed by atoms with E-state index in [0.29, 0.717) is 17.9 Å². The fraction of sp³-hybridized carbons (Fsp3) is 0.190. The molecule has 0 bridgehead atoms. The molecular weight excluding hydrogens is 385 g/mol. The first-order chi connectivity index (χ1) is 12.5. The van der Waals surface area contributed by atoms with Crippen LogP contribution >= 0.6 is 24.0 Å². The second kappa shape index (κ2) is 7.77. The highest BCUT2D eigenvalue weighted by atomic mass is 35.5. The van der Waals surface area contributed by atoms with Gasteiger partial charge in [0.2, 0.25) is 0 Å². The number of halogens is 2. The number of benzene rings is 2. The molecule has 1 N–H and O–H groups in total. The van der Waals surface area contributed by atoms with Crippen LogP contribution in [0.1, 0.15) is 22.5 Å². The molecule has 0 radical (unpaired) electrons. The van der Waals surface area contributed by atoms with Gasteiger partial charge in [-0.15, -0.1) is 12.4 Å². The number of furan rings is 1. The second-order valence-electron chi connectivity index (χ2n) is 6.56. The minimum Gasteiger partial charge on any atom is -0.478 e. The topological polar surface area (TPSA) is 53.7 Å². The number of hydrogen-bond donors (Lipinski definition) is 1. The second-order valence-corrected chi connectivity index (χ2v) is 6.97. The Morgan fingerprint density at radius 2 is 1.93 bits per heavy atom. The third-order valence-corrected chi connectivity index (χ3v) is 5.15. The van der Waals surface area contributed by atoms with Crippen LogP contribution in [-0.4, -0.2) is 29.6 Å². The van der Waals surface area contributed by atoms with E-state index in [1.807, 2.05) is 37.4 Å². The van der Waals surface area contributed by atoms with Crippen molar-refractivity contribution in [2.24, 2.45) is 0 Å². The number of carbonyl (C=O) groups is 1. The summed E-state index contributed by atoms with van der Waals surface area (Å²) in [6.07, 6.45) is 2.47. The molecule has 0 spiro atoms. The van der Waals surface area contributed by atoms with Crippen molar-refractivity contribution < 1.29 is 14.3 Å². The Labute approximate surface area is 168 Å². The minimum absolute atomic E-state index is 0. The summed E-state index contributed by atoms with van der Waals surface area (Å²) in [5, 5.41) is 11.5. The SMILES string of the molecule is CN1CCc2c(Cl)ccc3oc(/C=C(\C(=O)O)c4ccccc4)c(c23)C1.Cl. The molecule has 0 amide bonds. The highest BCUT2D eigenvalue weighted by molar-refractivity contribution is 6.32. The number of carboxylic acid groups (broad SMARTS) is 1. The molecule has 0 fully saturated rings. The van der Waals surface area contributed by atoms with Crippen molar-refractivity contribution in [2.75, 3.05) is 13.6 Å². The maximum absolute atomic E-state index is 11.8. The van der Waals surface area contributed by atoms with E-state index < -0.39 is 5.97 Å². The molecule has 2 heterocycles. The lowest BCUT2D eigenvalue weighted by molar-refractivity contribution is -0.130. The zero-order valence-electron chi connectivity index (χ0n) is 14.7. The summed E-state index contributed by atoms with van der Waals surface area (Å²) in [4.78, 5) is 14.0. The molecule has 4 nitrogen and oxygen atoms in total. The summed E-state index contributed by atoms with van der Waals surface area (Å²) in [6, 6.07) is 12.8. The van der Waals surface area contributed by atoms with Crippen LogP contribution in [0.5, 0.6) is 0 Å². The maximum atomic E-state index is 11.8. The monoisotopic (exact) mass is 403 g/mol. The van der Waals surface area contributed by atoms with E-state index in [9.17, 15) is 9.90 Å². The summed E-state index contributed by atoms with van der Waals surface area (Å²) in [5.41, 5.74) is 3.67. The number of likely N-dealkylation sites (N-methyl/N-ethyl adjacent to an activating group) is 1. The molecule has 0 saturated heterocycles. The van der Waals surface area contributed by atoms with Crippen molar-refractivity contribution in [3.8, 4) is 0 Å². The van der Waals surface area contributed by atoms with Crippen molar-refractivity contribution >= 4 is 52.6 Å². The molecule has 1 aliphatic rings. The van der Waals surface area contributed by atoms with Gasteiger partial charge in [-0.05, 0) is 42.8 Å². The Morgan fingerprint density at radius 3 is 2.63 bits per heavy atom. The maximum Gasteiger partial charge on any atom is 0.336 e. The van der Waals surface area contributed by atoms with Gasteiger partial charge in [-0.25, -0.2) is 4.79 Å². The van der Waals surface area contributed by atoms with E-state index in [0.717, 1.165) is 40.1 Å². The van der Waals surface area contributed by atoms with E-state index in [2.05, 4.69) is 4.90 Å². The van der Waals surface area contributed by atoms with Gasteiger partial charge >= 0.3 is 5.97 Å². The average Bonchev–Trinajstić information content (AvgIpc) is 2.85. The molecule has 0 saturated carbocycles. The quantitative estimate of drug-likeness (QED) is 0.616. The lowest BCUT2D eigenvalue weighted by atomic mass is 10.0. The predicted octanol–water partition coefficient (Wildman–Crippen LogP) is 5.12. The molecule has 3 aromatic rings. The Hall–Kier alpha value is -2.27. The van der Waals surface area contributed by atoms with Gasteiger partial charge in [-0.3, -0.25) is 0 Å². The first-order valence-electron chi connectivity index (χ1n) is 8.46. The molecule has 27 heavy (non-hydrogen) atoms. The molecular formula is C21H19Cl2NO3. The summed E-state index contributed by atoms with van der Waals surface area (Å²) in [5.74, 6) is -0.400. The average molecular weight is 404 g/mol. The number of rotatable bonds is 3. The van der Waals surface area contributed by atoms with Crippen LogP contribution < -0.4 is 0 Å². The number of carboxylic acids is 1. The molecule has 1 aliphatic heterocycles. The fourth-order valence-corrected chi connectivity index (χ4v) is 3.76. The normalized spacial score (nSPS) is 14.7. The van der Waals surface area contributed by atoms with Gasteiger partial charge in [0.25, 0.3) is 0 Å². The van der Waals surface area contributed by atoms with Crippen LogP contribution in [0.3, 0.4) is 0 Å². The third-order valence-electron chi connectivity index (χ3n) is 4.80. The Morgan fingerprint density at radius 1 is 1.19 bits per heavy atom. The number of aliphatic carboxylic acids is 1. The van der Waals surface area contributed by atoms with Crippen LogP contribution in [-0.2, 0) is 17.8 Å². The van der Waals surface area contributed by atoms with Gasteiger partial charge in [-0.1, -0.05) is 41.9 Å². The van der Waals surface area contributed by atoms with E-state index in [1.54, 1.807) is 18.2 Å². The fourth-order valence-electron chi connectivity index (χ4n) is 3.51. The van der Waals surface area contributed by atoms with Crippen LogP contribution in [0, 0.1) is 0 Å². The zero-order valence-corrected chi connectivity index (χ0v) is 16.3. The molecule has 0 atom stereocenters. The molecule has 140 valence electrons. The minimum atomic E-state index is -0.982. The van der Waals surface area contributed by atoms with Gasteiger partial charge < -0.3 is 14.4 Å². The molecule has 6 heteroatoms. The Bertz CT molecular complexity index is 1020. The Balaban J connectivity index is 0.00000210. The van der Waals surface area contributed by atoms with Gasteiger partial charge in [-0.2, -0.15) is 0 Å². The third kappa shape index (κ3) is 3.61. The van der Waals surface area contributed by atoms with E-state index in [4.69, 9.17) is 16.0 Å². The standard InChI is InChI=1S/C21H18ClNO3.ClH/c1-23-10-9-14-17(22)7-8-18-20(14)16(12-23)19(26-18)11-15(21(24)25)13-5-3-2-4-6-13;/h2-8,11H,9-10,12H2,1H3,(H,24,25);1H/b15-11-;. The highest BCUT2D eigenvalue weighted by Gasteiger charge is 2.23.